The Labute approximate surface area is 84.4 Å². The Kier molecular flexibility index (Phi) is 7.10. The molecule has 0 bridgehead atoms. The Bertz CT molecular complexity index is 111. The van der Waals surface area contributed by atoms with E-state index >= 15 is 0 Å². The molecule has 0 heterocycles. The highest BCUT2D eigenvalue weighted by molar-refractivity contribution is 9.09. The normalized spacial score (nSPS) is 16.5. The molecule has 0 rings (SSSR count). The average molecular weight is 238 g/mol. The minimum Gasteiger partial charge on any atom is -0.383 e. The van der Waals surface area contributed by atoms with Gasteiger partial charge in [-0.15, -0.1) is 0 Å². The van der Waals surface area contributed by atoms with E-state index in [4.69, 9.17) is 4.74 Å². The summed E-state index contributed by atoms with van der Waals surface area (Å²) in [5.41, 5.74) is 0. The number of hydrogen-bond acceptors (Lipinski definition) is 2. The first-order valence-electron chi connectivity index (χ1n) is 4.45. The van der Waals surface area contributed by atoms with E-state index in [1.807, 2.05) is 0 Å². The van der Waals surface area contributed by atoms with Crippen LogP contribution in [0.5, 0.6) is 0 Å². The average Bonchev–Trinajstić information content (AvgIpc) is 2.03. The minimum atomic E-state index is 0.446. The van der Waals surface area contributed by atoms with Crippen LogP contribution in [0.4, 0.5) is 0 Å². The quantitative estimate of drug-likeness (QED) is 0.657. The fraction of sp³-hybridized carbons (Fsp3) is 1.00. The van der Waals surface area contributed by atoms with E-state index in [1.165, 1.54) is 6.42 Å². The molecule has 74 valence electrons. The number of methoxy groups -OCH3 is 1. The van der Waals surface area contributed by atoms with E-state index in [0.717, 1.165) is 13.2 Å². The van der Waals surface area contributed by atoms with E-state index in [9.17, 15) is 0 Å². The molecule has 2 atom stereocenters. The summed E-state index contributed by atoms with van der Waals surface area (Å²) >= 11 is 3.57. The summed E-state index contributed by atoms with van der Waals surface area (Å²) in [4.78, 5) is 2.79. The summed E-state index contributed by atoms with van der Waals surface area (Å²) < 4.78 is 5.04. The summed E-state index contributed by atoms with van der Waals surface area (Å²) in [7, 11) is 3.88. The summed E-state index contributed by atoms with van der Waals surface area (Å²) in [5, 5.41) is 0. The Morgan fingerprint density at radius 1 is 1.50 bits per heavy atom. The molecular formula is C9H20BrNO. The molecule has 2 unspecified atom stereocenters. The van der Waals surface area contributed by atoms with E-state index in [0.29, 0.717) is 10.9 Å². The van der Waals surface area contributed by atoms with E-state index in [2.05, 4.69) is 41.7 Å². The number of hydrogen-bond donors (Lipinski definition) is 0. The van der Waals surface area contributed by atoms with Gasteiger partial charge in [0.25, 0.3) is 0 Å². The van der Waals surface area contributed by atoms with Crippen molar-refractivity contribution in [2.24, 2.45) is 0 Å². The molecule has 0 aliphatic heterocycles. The van der Waals surface area contributed by atoms with Gasteiger partial charge in [-0.3, -0.25) is 0 Å². The highest BCUT2D eigenvalue weighted by atomic mass is 79.9. The Morgan fingerprint density at radius 2 is 2.08 bits per heavy atom. The van der Waals surface area contributed by atoms with Crippen molar-refractivity contribution < 1.29 is 4.74 Å². The van der Waals surface area contributed by atoms with Crippen LogP contribution >= 0.6 is 15.9 Å². The SMILES string of the molecule is CCC(C)N(C)CC(Br)COC. The predicted octanol–water partition coefficient (Wildman–Crippen LogP) is 2.13. The lowest BCUT2D eigenvalue weighted by molar-refractivity contribution is 0.174. The van der Waals surface area contributed by atoms with Crippen molar-refractivity contribution in [2.45, 2.75) is 31.1 Å². The topological polar surface area (TPSA) is 12.5 Å². The van der Waals surface area contributed by atoms with Crippen LogP contribution in [0.15, 0.2) is 0 Å². The summed E-state index contributed by atoms with van der Waals surface area (Å²) in [5.74, 6) is 0. The number of alkyl halides is 1. The van der Waals surface area contributed by atoms with Crippen LogP contribution in [0.1, 0.15) is 20.3 Å². The van der Waals surface area contributed by atoms with Gasteiger partial charge in [-0.1, -0.05) is 22.9 Å². The third kappa shape index (κ3) is 5.12. The highest BCUT2D eigenvalue weighted by Crippen LogP contribution is 2.06. The molecule has 2 nitrogen and oxygen atoms in total. The molecular weight excluding hydrogens is 218 g/mol. The molecule has 0 aliphatic rings. The maximum atomic E-state index is 5.04. The van der Waals surface area contributed by atoms with Gasteiger partial charge in [-0.25, -0.2) is 0 Å². The molecule has 0 amide bonds. The maximum absolute atomic E-state index is 5.04. The zero-order valence-corrected chi connectivity index (χ0v) is 10.1. The Balaban J connectivity index is 3.59. The molecule has 0 spiro atoms. The molecule has 12 heavy (non-hydrogen) atoms. The van der Waals surface area contributed by atoms with Crippen LogP contribution in [-0.2, 0) is 4.74 Å². The standard InChI is InChI=1S/C9H20BrNO/c1-5-8(2)11(3)6-9(10)7-12-4/h8-9H,5-7H2,1-4H3. The molecule has 0 fully saturated rings. The van der Waals surface area contributed by atoms with Gasteiger partial charge >= 0.3 is 0 Å². The summed E-state index contributed by atoms with van der Waals surface area (Å²) in [6.07, 6.45) is 1.20. The molecule has 0 saturated heterocycles. The fourth-order valence-corrected chi connectivity index (χ4v) is 1.76. The molecule has 0 aromatic heterocycles. The Morgan fingerprint density at radius 3 is 2.50 bits per heavy atom. The molecule has 0 aliphatic carbocycles. The number of ether oxygens (including phenoxy) is 1. The lowest BCUT2D eigenvalue weighted by Crippen LogP contribution is -2.34. The Hall–Kier alpha value is 0.400. The van der Waals surface area contributed by atoms with Crippen molar-refractivity contribution in [3.8, 4) is 0 Å². The number of nitrogens with zero attached hydrogens (tertiary/aromatic N) is 1. The highest BCUT2D eigenvalue weighted by Gasteiger charge is 2.11. The summed E-state index contributed by atoms with van der Waals surface area (Å²) in [6, 6.07) is 0.655. The van der Waals surface area contributed by atoms with Crippen LogP contribution in [-0.4, -0.2) is 43.1 Å². The van der Waals surface area contributed by atoms with Gasteiger partial charge in [-0.2, -0.15) is 0 Å². The second kappa shape index (κ2) is 6.87. The third-order valence-corrected chi connectivity index (χ3v) is 2.73. The second-order valence-corrected chi connectivity index (χ2v) is 4.54. The molecule has 0 aromatic rings. The van der Waals surface area contributed by atoms with Crippen molar-refractivity contribution in [2.75, 3.05) is 27.3 Å². The predicted molar refractivity (Wildman–Crippen MR) is 57.0 cm³/mol. The third-order valence-electron chi connectivity index (χ3n) is 2.18. The van der Waals surface area contributed by atoms with E-state index in [-0.39, 0.29) is 0 Å². The van der Waals surface area contributed by atoms with Gasteiger partial charge < -0.3 is 9.64 Å². The summed E-state index contributed by atoms with van der Waals surface area (Å²) in [6.45, 7) is 6.27. The van der Waals surface area contributed by atoms with Crippen molar-refractivity contribution in [3.05, 3.63) is 0 Å². The zero-order valence-electron chi connectivity index (χ0n) is 8.51. The molecule has 0 radical (unpaired) electrons. The van der Waals surface area contributed by atoms with Crippen molar-refractivity contribution >= 4 is 15.9 Å². The smallest absolute Gasteiger partial charge is 0.0600 e. The van der Waals surface area contributed by atoms with Crippen LogP contribution in [0.3, 0.4) is 0 Å². The van der Waals surface area contributed by atoms with Crippen LogP contribution < -0.4 is 0 Å². The monoisotopic (exact) mass is 237 g/mol. The van der Waals surface area contributed by atoms with Crippen molar-refractivity contribution in [1.82, 2.24) is 4.90 Å². The van der Waals surface area contributed by atoms with Crippen LogP contribution in [0.2, 0.25) is 0 Å². The van der Waals surface area contributed by atoms with Gasteiger partial charge in [0.05, 0.1) is 11.4 Å². The van der Waals surface area contributed by atoms with Gasteiger partial charge in [0, 0.05) is 19.7 Å². The van der Waals surface area contributed by atoms with E-state index in [1.54, 1.807) is 7.11 Å². The zero-order chi connectivity index (χ0) is 9.56. The van der Waals surface area contributed by atoms with Gasteiger partial charge in [0.1, 0.15) is 0 Å². The van der Waals surface area contributed by atoms with E-state index < -0.39 is 0 Å². The first-order valence-corrected chi connectivity index (χ1v) is 5.36. The van der Waals surface area contributed by atoms with Crippen LogP contribution in [0.25, 0.3) is 0 Å². The first-order chi connectivity index (χ1) is 5.61. The van der Waals surface area contributed by atoms with Crippen LogP contribution in [0, 0.1) is 0 Å². The van der Waals surface area contributed by atoms with Gasteiger partial charge in [0.2, 0.25) is 0 Å². The van der Waals surface area contributed by atoms with Gasteiger partial charge in [-0.05, 0) is 20.4 Å². The minimum absolute atomic E-state index is 0.446. The van der Waals surface area contributed by atoms with Gasteiger partial charge in [0.15, 0.2) is 0 Å². The second-order valence-electron chi connectivity index (χ2n) is 3.25. The first kappa shape index (κ1) is 12.4. The van der Waals surface area contributed by atoms with Crippen molar-refractivity contribution in [1.29, 1.82) is 0 Å². The maximum Gasteiger partial charge on any atom is 0.0600 e. The fourth-order valence-electron chi connectivity index (χ4n) is 1.04. The van der Waals surface area contributed by atoms with Crippen molar-refractivity contribution in [3.63, 3.8) is 0 Å². The number of rotatable bonds is 6. The lowest BCUT2D eigenvalue weighted by atomic mass is 10.2. The molecule has 3 heteroatoms. The lowest BCUT2D eigenvalue weighted by Gasteiger charge is -2.25. The molecule has 0 saturated carbocycles. The molecule has 0 N–H and O–H groups in total. The molecule has 0 aromatic carbocycles. The largest absolute Gasteiger partial charge is 0.383 e. The number of halogens is 1.